The molecule has 6 nitrogen and oxygen atoms in total. The van der Waals surface area contributed by atoms with E-state index in [0.717, 1.165) is 28.7 Å². The number of amides is 2. The van der Waals surface area contributed by atoms with Crippen LogP contribution in [0.2, 0.25) is 0 Å². The van der Waals surface area contributed by atoms with E-state index in [-0.39, 0.29) is 11.8 Å². The minimum atomic E-state index is -0.615. The zero-order valence-corrected chi connectivity index (χ0v) is 16.2. The summed E-state index contributed by atoms with van der Waals surface area (Å²) in [6.07, 6.45) is 0.702. The Hall–Kier alpha value is -2.50. The van der Waals surface area contributed by atoms with E-state index in [9.17, 15) is 9.59 Å². The Labute approximate surface area is 154 Å². The summed E-state index contributed by atoms with van der Waals surface area (Å²) in [7, 11) is 3.04. The zero-order chi connectivity index (χ0) is 19.3. The van der Waals surface area contributed by atoms with Gasteiger partial charge in [-0.05, 0) is 18.4 Å². The van der Waals surface area contributed by atoms with Gasteiger partial charge < -0.3 is 19.4 Å². The SMILES string of the molecule is CCc1oc2ccccc2c1CN(C)C(=O)C(CC(C)C)NC(=O)OC. The van der Waals surface area contributed by atoms with E-state index in [2.05, 4.69) is 10.1 Å². The average Bonchev–Trinajstić information content (AvgIpc) is 2.97. The van der Waals surface area contributed by atoms with Gasteiger partial charge in [0.15, 0.2) is 0 Å². The number of likely N-dealkylation sites (N-methyl/N-ethyl adjacent to an activating group) is 1. The Morgan fingerprint density at radius 3 is 2.58 bits per heavy atom. The standard InChI is InChI=1S/C20H28N2O4/c1-6-17-15(14-9-7-8-10-18(14)26-17)12-22(4)19(23)16(11-13(2)3)21-20(24)25-5/h7-10,13,16H,6,11-12H2,1-5H3,(H,21,24). The van der Waals surface area contributed by atoms with Gasteiger partial charge in [0.2, 0.25) is 5.91 Å². The number of carbonyl (C=O) groups is 2. The molecular formula is C20H28N2O4. The molecule has 1 aromatic heterocycles. The van der Waals surface area contributed by atoms with E-state index >= 15 is 0 Å². The number of benzene rings is 1. The number of fused-ring (bicyclic) bond motifs is 1. The molecule has 1 heterocycles. The lowest BCUT2D eigenvalue weighted by Gasteiger charge is -2.25. The molecule has 0 spiro atoms. The van der Waals surface area contributed by atoms with Gasteiger partial charge in [0, 0.05) is 31.0 Å². The summed E-state index contributed by atoms with van der Waals surface area (Å²) >= 11 is 0. The Bertz CT molecular complexity index is 766. The topological polar surface area (TPSA) is 71.8 Å². The van der Waals surface area contributed by atoms with Gasteiger partial charge >= 0.3 is 6.09 Å². The second kappa shape index (κ2) is 8.74. The number of rotatable bonds is 7. The highest BCUT2D eigenvalue weighted by Gasteiger charge is 2.26. The highest BCUT2D eigenvalue weighted by Crippen LogP contribution is 2.27. The third kappa shape index (κ3) is 4.56. The van der Waals surface area contributed by atoms with Crippen LogP contribution < -0.4 is 5.32 Å². The van der Waals surface area contributed by atoms with Gasteiger partial charge in [0.25, 0.3) is 0 Å². The molecule has 1 aromatic carbocycles. The maximum absolute atomic E-state index is 12.9. The monoisotopic (exact) mass is 360 g/mol. The molecule has 2 aromatic rings. The van der Waals surface area contributed by atoms with Crippen LogP contribution in [0.25, 0.3) is 11.0 Å². The fourth-order valence-corrected chi connectivity index (χ4v) is 3.08. The van der Waals surface area contributed by atoms with E-state index in [1.54, 1.807) is 11.9 Å². The van der Waals surface area contributed by atoms with Gasteiger partial charge in [-0.3, -0.25) is 4.79 Å². The van der Waals surface area contributed by atoms with Crippen molar-refractivity contribution in [1.82, 2.24) is 10.2 Å². The molecule has 1 unspecified atom stereocenters. The summed E-state index contributed by atoms with van der Waals surface area (Å²) in [6, 6.07) is 7.21. The number of ether oxygens (including phenoxy) is 1. The first-order valence-corrected chi connectivity index (χ1v) is 8.96. The second-order valence-corrected chi connectivity index (χ2v) is 6.87. The molecule has 6 heteroatoms. The van der Waals surface area contributed by atoms with Crippen molar-refractivity contribution in [3.05, 3.63) is 35.6 Å². The van der Waals surface area contributed by atoms with Crippen molar-refractivity contribution >= 4 is 23.0 Å². The van der Waals surface area contributed by atoms with E-state index in [1.165, 1.54) is 7.11 Å². The molecule has 26 heavy (non-hydrogen) atoms. The largest absolute Gasteiger partial charge is 0.461 e. The molecule has 1 N–H and O–H groups in total. The molecule has 0 saturated heterocycles. The molecule has 142 valence electrons. The van der Waals surface area contributed by atoms with Gasteiger partial charge in [-0.1, -0.05) is 39.0 Å². The molecule has 0 radical (unpaired) electrons. The van der Waals surface area contributed by atoms with Crippen molar-refractivity contribution in [2.75, 3.05) is 14.2 Å². The fraction of sp³-hybridized carbons (Fsp3) is 0.500. The number of carbonyl (C=O) groups excluding carboxylic acids is 2. The maximum atomic E-state index is 12.9. The first-order valence-electron chi connectivity index (χ1n) is 8.96. The minimum Gasteiger partial charge on any atom is -0.461 e. The van der Waals surface area contributed by atoms with Crippen LogP contribution in [0.15, 0.2) is 28.7 Å². The van der Waals surface area contributed by atoms with E-state index < -0.39 is 12.1 Å². The number of nitrogens with one attached hydrogen (secondary N) is 1. The van der Waals surface area contributed by atoms with Crippen LogP contribution in [0.1, 0.15) is 38.5 Å². The van der Waals surface area contributed by atoms with Crippen LogP contribution in [0, 0.1) is 5.92 Å². The summed E-state index contributed by atoms with van der Waals surface area (Å²) in [5.41, 5.74) is 1.84. The quantitative estimate of drug-likeness (QED) is 0.817. The van der Waals surface area contributed by atoms with Crippen LogP contribution in [0.3, 0.4) is 0 Å². The molecule has 2 amide bonds. The van der Waals surface area contributed by atoms with Crippen molar-refractivity contribution in [1.29, 1.82) is 0 Å². The highest BCUT2D eigenvalue weighted by atomic mass is 16.5. The normalized spacial score (nSPS) is 12.2. The number of hydrogen-bond donors (Lipinski definition) is 1. The van der Waals surface area contributed by atoms with Crippen molar-refractivity contribution in [2.24, 2.45) is 5.92 Å². The number of para-hydroxylation sites is 1. The average molecular weight is 360 g/mol. The van der Waals surface area contributed by atoms with Gasteiger partial charge in [-0.2, -0.15) is 0 Å². The molecule has 0 saturated carbocycles. The van der Waals surface area contributed by atoms with E-state index in [1.807, 2.05) is 45.0 Å². The van der Waals surface area contributed by atoms with Gasteiger partial charge in [0.1, 0.15) is 17.4 Å². The Morgan fingerprint density at radius 2 is 1.96 bits per heavy atom. The van der Waals surface area contributed by atoms with Gasteiger partial charge in [-0.15, -0.1) is 0 Å². The molecule has 0 fully saturated rings. The molecule has 0 aliphatic heterocycles. The molecular weight excluding hydrogens is 332 g/mol. The first-order chi connectivity index (χ1) is 12.4. The molecule has 0 aliphatic carbocycles. The van der Waals surface area contributed by atoms with Crippen molar-refractivity contribution in [3.63, 3.8) is 0 Å². The predicted octanol–water partition coefficient (Wildman–Crippen LogP) is 3.72. The predicted molar refractivity (Wildman–Crippen MR) is 101 cm³/mol. The van der Waals surface area contributed by atoms with Crippen LogP contribution >= 0.6 is 0 Å². The summed E-state index contributed by atoms with van der Waals surface area (Å²) < 4.78 is 10.6. The number of nitrogens with zero attached hydrogens (tertiary/aromatic N) is 1. The zero-order valence-electron chi connectivity index (χ0n) is 16.2. The summed E-state index contributed by atoms with van der Waals surface area (Å²) in [5, 5.41) is 3.67. The van der Waals surface area contributed by atoms with Gasteiger partial charge in [-0.25, -0.2) is 4.79 Å². The third-order valence-electron chi connectivity index (χ3n) is 4.36. The first kappa shape index (κ1) is 19.8. The van der Waals surface area contributed by atoms with Crippen molar-refractivity contribution < 1.29 is 18.7 Å². The molecule has 0 aliphatic rings. The Kier molecular flexibility index (Phi) is 6.66. The number of methoxy groups -OCH3 is 1. The molecule has 2 rings (SSSR count). The lowest BCUT2D eigenvalue weighted by Crippen LogP contribution is -2.47. The molecule has 1 atom stereocenters. The number of aryl methyl sites for hydroxylation is 1. The maximum Gasteiger partial charge on any atom is 0.407 e. The number of hydrogen-bond acceptors (Lipinski definition) is 4. The second-order valence-electron chi connectivity index (χ2n) is 6.87. The summed E-state index contributed by atoms with van der Waals surface area (Å²) in [5.74, 6) is 0.999. The van der Waals surface area contributed by atoms with Crippen LogP contribution in [0.4, 0.5) is 4.79 Å². The van der Waals surface area contributed by atoms with Crippen LogP contribution in [-0.2, 0) is 22.5 Å². The molecule has 0 bridgehead atoms. The Morgan fingerprint density at radius 1 is 1.27 bits per heavy atom. The smallest absolute Gasteiger partial charge is 0.407 e. The van der Waals surface area contributed by atoms with Crippen LogP contribution in [-0.4, -0.2) is 37.1 Å². The summed E-state index contributed by atoms with van der Waals surface area (Å²) in [6.45, 7) is 6.48. The highest BCUT2D eigenvalue weighted by molar-refractivity contribution is 5.87. The summed E-state index contributed by atoms with van der Waals surface area (Å²) in [4.78, 5) is 26.2. The van der Waals surface area contributed by atoms with Crippen molar-refractivity contribution in [2.45, 2.75) is 46.2 Å². The van der Waals surface area contributed by atoms with E-state index in [4.69, 9.17) is 4.42 Å². The van der Waals surface area contributed by atoms with Crippen molar-refractivity contribution in [3.8, 4) is 0 Å². The number of furan rings is 1. The third-order valence-corrected chi connectivity index (χ3v) is 4.36. The van der Waals surface area contributed by atoms with Crippen LogP contribution in [0.5, 0.6) is 0 Å². The fourth-order valence-electron chi connectivity index (χ4n) is 3.08. The lowest BCUT2D eigenvalue weighted by atomic mass is 10.0. The van der Waals surface area contributed by atoms with Gasteiger partial charge in [0.05, 0.1) is 7.11 Å². The van der Waals surface area contributed by atoms with E-state index in [0.29, 0.717) is 13.0 Å². The number of alkyl carbamates (subject to hydrolysis) is 1. The lowest BCUT2D eigenvalue weighted by molar-refractivity contribution is -0.133. The Balaban J connectivity index is 2.22. The minimum absolute atomic E-state index is 0.142.